The lowest BCUT2D eigenvalue weighted by atomic mass is 10.1. The van der Waals surface area contributed by atoms with E-state index in [9.17, 15) is 0 Å². The first-order chi connectivity index (χ1) is 37.1. The number of rotatable bonds is 7. The van der Waals surface area contributed by atoms with Gasteiger partial charge in [0, 0.05) is 118 Å². The topological polar surface area (TPSA) is 304 Å². The van der Waals surface area contributed by atoms with Crippen LogP contribution in [0.5, 0.6) is 0 Å². The maximum Gasteiger partial charge on any atom is 0.222 e. The first-order valence-corrected chi connectivity index (χ1v) is 26.1. The Balaban J connectivity index is 0.000000159. The number of nitrogen functional groups attached to an aromatic ring is 6. The lowest BCUT2D eigenvalue weighted by Gasteiger charge is -2.37. The second-order valence-corrected chi connectivity index (χ2v) is 19.5. The zero-order valence-electron chi connectivity index (χ0n) is 43.3. The molecule has 0 unspecified atom stereocenters. The highest BCUT2D eigenvalue weighted by Crippen LogP contribution is 2.29. The van der Waals surface area contributed by atoms with Crippen LogP contribution in [0.3, 0.4) is 0 Å². The Bertz CT molecular complexity index is 3090. The fourth-order valence-corrected chi connectivity index (χ4v) is 9.53. The Morgan fingerprint density at radius 2 is 0.808 bits per heavy atom. The van der Waals surface area contributed by atoms with Gasteiger partial charge in [0.25, 0.3) is 0 Å². The van der Waals surface area contributed by atoms with Gasteiger partial charge in [0.15, 0.2) is 17.5 Å². The number of piperazine rings is 3. The predicted octanol–water partition coefficient (Wildman–Crippen LogP) is 6.81. The average molecular weight is 1140 g/mol. The molecule has 3 saturated heterocycles. The SMILES string of the molecule is C.Cc1cccc(N2CCN(c3cnc(N)nc3N)CC2)c1.Cc1nccc(-c2cccc(N3CCN(c4cnc(N)nc4N)CC3)c2)n1.Cc1nccc(Cl)n1.Nc1ncc(N2CCN(c3cccc(Br)c3)CC2)c(N)n1. The van der Waals surface area contributed by atoms with Crippen molar-refractivity contribution in [2.24, 2.45) is 0 Å². The highest BCUT2D eigenvalue weighted by atomic mass is 79.9. The summed E-state index contributed by atoms with van der Waals surface area (Å²) in [4.78, 5) is 54.3. The number of hydrogen-bond donors (Lipinski definition) is 6. The van der Waals surface area contributed by atoms with E-state index in [1.807, 2.05) is 19.1 Å². The van der Waals surface area contributed by atoms with E-state index < -0.39 is 0 Å². The first-order valence-electron chi connectivity index (χ1n) is 25.0. The van der Waals surface area contributed by atoms with E-state index in [0.717, 1.165) is 117 Å². The van der Waals surface area contributed by atoms with Crippen molar-refractivity contribution in [1.82, 2.24) is 49.8 Å². The number of benzene rings is 3. The Hall–Kier alpha value is -8.57. The number of hydrogen-bond acceptors (Lipinski definition) is 22. The lowest BCUT2D eigenvalue weighted by Crippen LogP contribution is -2.46. The van der Waals surface area contributed by atoms with E-state index in [-0.39, 0.29) is 25.3 Å². The summed E-state index contributed by atoms with van der Waals surface area (Å²) in [6.07, 6.45) is 8.53. The van der Waals surface area contributed by atoms with Crippen LogP contribution >= 0.6 is 27.5 Å². The minimum atomic E-state index is 0. The Morgan fingerprint density at radius 1 is 0.423 bits per heavy atom. The van der Waals surface area contributed by atoms with Crippen molar-refractivity contribution in [2.45, 2.75) is 28.2 Å². The van der Waals surface area contributed by atoms with E-state index in [4.69, 9.17) is 46.0 Å². The van der Waals surface area contributed by atoms with Crippen LogP contribution in [0, 0.1) is 20.8 Å². The first kappa shape index (κ1) is 57.1. The van der Waals surface area contributed by atoms with Gasteiger partial charge < -0.3 is 63.8 Å². The van der Waals surface area contributed by atoms with E-state index in [1.165, 1.54) is 22.6 Å². The lowest BCUT2D eigenvalue weighted by molar-refractivity contribution is 0.652. The minimum Gasteiger partial charge on any atom is -0.382 e. The molecule has 8 heterocycles. The zero-order chi connectivity index (χ0) is 54.4. The number of nitrogens with two attached hydrogens (primary N) is 6. The maximum absolute atomic E-state index is 6.00. The molecule has 408 valence electrons. The molecule has 12 N–H and O–H groups in total. The number of anilines is 12. The van der Waals surface area contributed by atoms with Gasteiger partial charge in [0.1, 0.15) is 16.8 Å². The van der Waals surface area contributed by atoms with Gasteiger partial charge in [-0.15, -0.1) is 0 Å². The molecular formula is C54H68BrClN22. The molecule has 11 rings (SSSR count). The summed E-state index contributed by atoms with van der Waals surface area (Å²) >= 11 is 9.01. The second kappa shape index (κ2) is 27.0. The molecule has 3 aliphatic rings. The third kappa shape index (κ3) is 15.5. The van der Waals surface area contributed by atoms with E-state index in [0.29, 0.717) is 28.4 Å². The van der Waals surface area contributed by atoms with Gasteiger partial charge in [0.2, 0.25) is 17.8 Å². The largest absolute Gasteiger partial charge is 0.382 e. The number of aryl methyl sites for hydroxylation is 3. The molecule has 0 atom stereocenters. The van der Waals surface area contributed by atoms with Crippen molar-refractivity contribution in [3.63, 3.8) is 0 Å². The molecule has 8 aromatic rings. The van der Waals surface area contributed by atoms with Crippen LogP contribution in [0.15, 0.2) is 120 Å². The van der Waals surface area contributed by atoms with Crippen LogP contribution in [0.1, 0.15) is 24.6 Å². The molecule has 0 saturated carbocycles. The Kier molecular flexibility index (Phi) is 19.7. The van der Waals surface area contributed by atoms with Crippen LogP contribution < -0.4 is 63.8 Å². The summed E-state index contributed by atoms with van der Waals surface area (Å²) in [5.41, 5.74) is 44.1. The van der Waals surface area contributed by atoms with Crippen molar-refractivity contribution in [3.8, 4) is 11.3 Å². The van der Waals surface area contributed by atoms with Gasteiger partial charge in [-0.2, -0.15) is 15.0 Å². The standard InChI is InChI=1S/C19H22N8.C15H20N6.C14H17BrN6.C5H5ClN2.CH4/c1-13-22-6-5-16(24-13)14-3-2-4-15(11-14)26-7-9-27(10-8-26)17-12-23-19(21)25-18(17)20;1-11-3-2-4-12(9-11)20-5-7-21(8-6-20)13-10-18-15(17)19-14(13)16;15-10-2-1-3-11(8-10)20-4-6-21(7-5-20)12-9-18-14(17)19-13(12)16;1-4-7-3-2-5(6)8-4;/h2-6,11-12H,7-10H2,1H3,(H4,20,21,23,25);2-4,9-10H,5-8H2,1H3,(H4,16,17,18,19);1-3,8-9H,4-7H2,(H4,16,17,18,19);2-3H,1H3;1H4. The summed E-state index contributed by atoms with van der Waals surface area (Å²) in [5.74, 6) is 3.43. The monoisotopic (exact) mass is 1140 g/mol. The Labute approximate surface area is 469 Å². The average Bonchev–Trinajstić information content (AvgIpc) is 3.43. The highest BCUT2D eigenvalue weighted by molar-refractivity contribution is 9.10. The zero-order valence-corrected chi connectivity index (χ0v) is 45.7. The molecule has 0 bridgehead atoms. The molecule has 0 aliphatic carbocycles. The van der Waals surface area contributed by atoms with E-state index >= 15 is 0 Å². The fraction of sp³-hybridized carbons (Fsp3) is 0.296. The van der Waals surface area contributed by atoms with Crippen molar-refractivity contribution >= 4 is 97.0 Å². The van der Waals surface area contributed by atoms with Crippen LogP contribution in [-0.4, -0.2) is 128 Å². The number of nitrogens with zero attached hydrogens (tertiary/aromatic N) is 16. The summed E-state index contributed by atoms with van der Waals surface area (Å²) in [5, 5.41) is 0.498. The molecule has 0 radical (unpaired) electrons. The maximum atomic E-state index is 6.00. The van der Waals surface area contributed by atoms with Crippen molar-refractivity contribution in [3.05, 3.63) is 143 Å². The minimum absolute atomic E-state index is 0. The molecular weight excluding hydrogens is 1070 g/mol. The summed E-state index contributed by atoms with van der Waals surface area (Å²) in [6.45, 7) is 16.6. The van der Waals surface area contributed by atoms with Crippen LogP contribution in [0.25, 0.3) is 11.3 Å². The van der Waals surface area contributed by atoms with Crippen LogP contribution in [0.2, 0.25) is 5.15 Å². The molecule has 0 spiro atoms. The molecule has 0 amide bonds. The number of halogens is 2. The summed E-state index contributed by atoms with van der Waals surface area (Å²) < 4.78 is 1.10. The Morgan fingerprint density at radius 3 is 1.19 bits per heavy atom. The van der Waals surface area contributed by atoms with Crippen LogP contribution in [-0.2, 0) is 0 Å². The smallest absolute Gasteiger partial charge is 0.222 e. The highest BCUT2D eigenvalue weighted by Gasteiger charge is 2.23. The van der Waals surface area contributed by atoms with Gasteiger partial charge in [0.05, 0.1) is 41.3 Å². The normalized spacial score (nSPS) is 14.2. The predicted molar refractivity (Wildman–Crippen MR) is 322 cm³/mol. The van der Waals surface area contributed by atoms with Crippen molar-refractivity contribution in [1.29, 1.82) is 0 Å². The van der Waals surface area contributed by atoms with Gasteiger partial charge in [-0.05, 0) is 80.9 Å². The van der Waals surface area contributed by atoms with Gasteiger partial charge in [-0.1, -0.05) is 65.3 Å². The van der Waals surface area contributed by atoms with Crippen molar-refractivity contribution < 1.29 is 0 Å². The molecule has 3 aromatic carbocycles. The van der Waals surface area contributed by atoms with E-state index in [2.05, 4.69) is 169 Å². The molecule has 5 aromatic heterocycles. The molecule has 22 nitrogen and oxygen atoms in total. The third-order valence-corrected chi connectivity index (χ3v) is 13.6. The molecule has 3 aliphatic heterocycles. The quantitative estimate of drug-likeness (QED) is 0.0893. The fourth-order valence-electron chi connectivity index (χ4n) is 8.96. The molecule has 78 heavy (non-hydrogen) atoms. The summed E-state index contributed by atoms with van der Waals surface area (Å²) in [7, 11) is 0. The van der Waals surface area contributed by atoms with Crippen molar-refractivity contribution in [2.75, 3.05) is 142 Å². The molecule has 24 heteroatoms. The third-order valence-electron chi connectivity index (χ3n) is 12.9. The van der Waals surface area contributed by atoms with E-state index in [1.54, 1.807) is 44.0 Å². The van der Waals surface area contributed by atoms with Gasteiger partial charge >= 0.3 is 0 Å². The second-order valence-electron chi connectivity index (χ2n) is 18.2. The molecule has 3 fully saturated rings. The van der Waals surface area contributed by atoms with Gasteiger partial charge in [-0.3, -0.25) is 0 Å². The van der Waals surface area contributed by atoms with Crippen LogP contribution in [0.4, 0.5) is 69.4 Å². The summed E-state index contributed by atoms with van der Waals surface area (Å²) in [6, 6.07) is 29.0. The number of aromatic nitrogens is 10. The van der Waals surface area contributed by atoms with Gasteiger partial charge in [-0.25, -0.2) is 34.9 Å².